The largest absolute Gasteiger partial charge is 0.497 e. The van der Waals surface area contributed by atoms with Crippen molar-refractivity contribution in [2.24, 2.45) is 0 Å². The van der Waals surface area contributed by atoms with E-state index in [9.17, 15) is 4.79 Å². The highest BCUT2D eigenvalue weighted by Crippen LogP contribution is 2.18. The number of ketones is 1. The molecule has 0 aromatic heterocycles. The maximum Gasteiger partial charge on any atom is 0.193 e. The molecule has 0 saturated heterocycles. The minimum Gasteiger partial charge on any atom is -0.497 e. The molecule has 0 heterocycles. The maximum absolute atomic E-state index is 12.3. The minimum absolute atomic E-state index is 0.0250. The van der Waals surface area contributed by atoms with Gasteiger partial charge in [0.25, 0.3) is 0 Å². The quantitative estimate of drug-likeness (QED) is 0.767. The van der Waals surface area contributed by atoms with Gasteiger partial charge in [0.05, 0.1) is 7.11 Å². The summed E-state index contributed by atoms with van der Waals surface area (Å²) in [5, 5.41) is 0. The van der Waals surface area contributed by atoms with E-state index >= 15 is 0 Å². The van der Waals surface area contributed by atoms with E-state index in [-0.39, 0.29) is 5.78 Å². The minimum atomic E-state index is 0.0250. The van der Waals surface area contributed by atoms with Gasteiger partial charge in [0.2, 0.25) is 0 Å². The predicted octanol–water partition coefficient (Wildman–Crippen LogP) is 3.54. The molecule has 2 aromatic rings. The van der Waals surface area contributed by atoms with E-state index in [1.54, 1.807) is 19.2 Å². The topological polar surface area (TPSA) is 26.3 Å². The van der Waals surface area contributed by atoms with E-state index in [2.05, 4.69) is 0 Å². The number of carbonyl (C=O) groups excluding carboxylic acids is 1. The molecule has 0 N–H and O–H groups in total. The van der Waals surface area contributed by atoms with Crippen LogP contribution in [-0.2, 0) is 0 Å². The number of hydrogen-bond donors (Lipinski definition) is 0. The van der Waals surface area contributed by atoms with Crippen molar-refractivity contribution in [3.63, 3.8) is 0 Å². The van der Waals surface area contributed by atoms with Crippen molar-refractivity contribution in [3.8, 4) is 5.75 Å². The summed E-state index contributed by atoms with van der Waals surface area (Å²) in [6.07, 6.45) is 0. The number of aryl methyl sites for hydroxylation is 2. The third kappa shape index (κ3) is 2.43. The summed E-state index contributed by atoms with van der Waals surface area (Å²) < 4.78 is 5.13. The first-order chi connectivity index (χ1) is 8.61. The summed E-state index contributed by atoms with van der Waals surface area (Å²) in [4.78, 5) is 12.3. The van der Waals surface area contributed by atoms with Crippen LogP contribution in [0.15, 0.2) is 42.5 Å². The van der Waals surface area contributed by atoms with Crippen LogP contribution in [0.3, 0.4) is 0 Å². The van der Waals surface area contributed by atoms with E-state index < -0.39 is 0 Å². The first kappa shape index (κ1) is 12.4. The predicted molar refractivity (Wildman–Crippen MR) is 72.3 cm³/mol. The van der Waals surface area contributed by atoms with E-state index in [4.69, 9.17) is 4.74 Å². The van der Waals surface area contributed by atoms with Crippen molar-refractivity contribution in [1.29, 1.82) is 0 Å². The van der Waals surface area contributed by atoms with Crippen LogP contribution >= 0.6 is 0 Å². The maximum atomic E-state index is 12.3. The van der Waals surface area contributed by atoms with E-state index in [0.29, 0.717) is 16.9 Å². The zero-order chi connectivity index (χ0) is 13.1. The standard InChI is InChI=1S/C16H16O2/c1-11-7-8-14(9-12(11)2)16(17)13-5-4-6-15(10-13)18-3/h4-10H,1-3H3. The van der Waals surface area contributed by atoms with Crippen molar-refractivity contribution in [2.45, 2.75) is 13.8 Å². The van der Waals surface area contributed by atoms with Crippen molar-refractivity contribution in [3.05, 3.63) is 64.7 Å². The molecule has 0 fully saturated rings. The summed E-state index contributed by atoms with van der Waals surface area (Å²) in [6.45, 7) is 4.05. The SMILES string of the molecule is COc1cccc(C(=O)c2ccc(C)c(C)c2)c1. The molecule has 2 rings (SSSR count). The number of rotatable bonds is 3. The zero-order valence-electron chi connectivity index (χ0n) is 10.9. The lowest BCUT2D eigenvalue weighted by Gasteiger charge is -2.06. The second-order valence-electron chi connectivity index (χ2n) is 4.36. The molecular formula is C16H16O2. The van der Waals surface area contributed by atoms with Crippen LogP contribution < -0.4 is 4.74 Å². The molecule has 0 atom stereocenters. The Morgan fingerprint density at radius 2 is 1.67 bits per heavy atom. The van der Waals surface area contributed by atoms with Gasteiger partial charge in [-0.05, 0) is 43.2 Å². The number of carbonyl (C=O) groups is 1. The average Bonchev–Trinajstić information content (AvgIpc) is 2.41. The summed E-state index contributed by atoms with van der Waals surface area (Å²) in [5.41, 5.74) is 3.69. The van der Waals surface area contributed by atoms with Gasteiger partial charge in [-0.2, -0.15) is 0 Å². The number of methoxy groups -OCH3 is 1. The molecule has 0 saturated carbocycles. The van der Waals surface area contributed by atoms with Gasteiger partial charge in [-0.15, -0.1) is 0 Å². The molecule has 2 aromatic carbocycles. The Bertz CT molecular complexity index is 585. The van der Waals surface area contributed by atoms with Crippen LogP contribution in [0.1, 0.15) is 27.0 Å². The monoisotopic (exact) mass is 240 g/mol. The Balaban J connectivity index is 2.38. The first-order valence-electron chi connectivity index (χ1n) is 5.88. The highest BCUT2D eigenvalue weighted by atomic mass is 16.5. The smallest absolute Gasteiger partial charge is 0.193 e. The summed E-state index contributed by atoms with van der Waals surface area (Å²) in [6, 6.07) is 13.0. The molecule has 2 nitrogen and oxygen atoms in total. The Labute approximate surface area is 107 Å². The highest BCUT2D eigenvalue weighted by molar-refractivity contribution is 6.09. The van der Waals surface area contributed by atoms with Crippen molar-refractivity contribution in [1.82, 2.24) is 0 Å². The third-order valence-electron chi connectivity index (χ3n) is 3.10. The number of ether oxygens (including phenoxy) is 1. The van der Waals surface area contributed by atoms with Gasteiger partial charge in [0.1, 0.15) is 5.75 Å². The van der Waals surface area contributed by atoms with Crippen LogP contribution in [0, 0.1) is 13.8 Å². The van der Waals surface area contributed by atoms with Crippen LogP contribution in [0.25, 0.3) is 0 Å². The molecule has 0 aliphatic heterocycles. The number of benzene rings is 2. The zero-order valence-corrected chi connectivity index (χ0v) is 10.9. The van der Waals surface area contributed by atoms with Gasteiger partial charge in [-0.1, -0.05) is 24.3 Å². The van der Waals surface area contributed by atoms with Gasteiger partial charge < -0.3 is 4.74 Å². The lowest BCUT2D eigenvalue weighted by molar-refractivity contribution is 0.103. The van der Waals surface area contributed by atoms with Crippen LogP contribution in [0.4, 0.5) is 0 Å². The molecule has 18 heavy (non-hydrogen) atoms. The Morgan fingerprint density at radius 3 is 2.33 bits per heavy atom. The number of hydrogen-bond acceptors (Lipinski definition) is 2. The summed E-state index contributed by atoms with van der Waals surface area (Å²) in [7, 11) is 1.60. The van der Waals surface area contributed by atoms with E-state index in [1.807, 2.05) is 44.2 Å². The van der Waals surface area contributed by atoms with Crippen molar-refractivity contribution < 1.29 is 9.53 Å². The lowest BCUT2D eigenvalue weighted by Crippen LogP contribution is -2.02. The average molecular weight is 240 g/mol. The third-order valence-corrected chi connectivity index (χ3v) is 3.10. The van der Waals surface area contributed by atoms with E-state index in [0.717, 1.165) is 5.56 Å². The summed E-state index contributed by atoms with van der Waals surface area (Å²) in [5.74, 6) is 0.724. The molecule has 0 aliphatic carbocycles. The second-order valence-corrected chi connectivity index (χ2v) is 4.36. The molecule has 92 valence electrons. The van der Waals surface area contributed by atoms with Crippen molar-refractivity contribution >= 4 is 5.78 Å². The Hall–Kier alpha value is -2.09. The molecule has 0 amide bonds. The molecule has 2 heteroatoms. The molecule has 0 aliphatic rings. The van der Waals surface area contributed by atoms with Gasteiger partial charge in [-0.3, -0.25) is 4.79 Å². The van der Waals surface area contributed by atoms with E-state index in [1.165, 1.54) is 5.56 Å². The van der Waals surface area contributed by atoms with Gasteiger partial charge in [0, 0.05) is 11.1 Å². The fourth-order valence-electron chi connectivity index (χ4n) is 1.81. The highest BCUT2D eigenvalue weighted by Gasteiger charge is 2.10. The van der Waals surface area contributed by atoms with Crippen LogP contribution in [0.5, 0.6) is 5.75 Å². The van der Waals surface area contributed by atoms with Crippen LogP contribution in [-0.4, -0.2) is 12.9 Å². The molecule has 0 spiro atoms. The Morgan fingerprint density at radius 1 is 0.944 bits per heavy atom. The summed E-state index contributed by atoms with van der Waals surface area (Å²) >= 11 is 0. The molecule has 0 bridgehead atoms. The second kappa shape index (κ2) is 5.05. The first-order valence-corrected chi connectivity index (χ1v) is 5.88. The van der Waals surface area contributed by atoms with Crippen LogP contribution in [0.2, 0.25) is 0 Å². The fourth-order valence-corrected chi connectivity index (χ4v) is 1.81. The molecule has 0 radical (unpaired) electrons. The Kier molecular flexibility index (Phi) is 3.47. The molecular weight excluding hydrogens is 224 g/mol. The van der Waals surface area contributed by atoms with Gasteiger partial charge >= 0.3 is 0 Å². The van der Waals surface area contributed by atoms with Gasteiger partial charge in [-0.25, -0.2) is 0 Å². The fraction of sp³-hybridized carbons (Fsp3) is 0.188. The lowest BCUT2D eigenvalue weighted by atomic mass is 9.99. The molecule has 0 unspecified atom stereocenters. The van der Waals surface area contributed by atoms with Gasteiger partial charge in [0.15, 0.2) is 5.78 Å². The normalized spacial score (nSPS) is 10.2. The van der Waals surface area contributed by atoms with Crippen molar-refractivity contribution in [2.75, 3.05) is 7.11 Å².